The van der Waals surface area contributed by atoms with Gasteiger partial charge in [0.1, 0.15) is 5.82 Å². The number of aromatic amines is 1. The second-order valence-electron chi connectivity index (χ2n) is 6.01. The molecule has 0 aliphatic heterocycles. The number of rotatable bonds is 5. The van der Waals surface area contributed by atoms with Crippen molar-refractivity contribution in [3.05, 3.63) is 54.1 Å². The molecule has 3 unspecified atom stereocenters. The Labute approximate surface area is 127 Å². The predicted octanol–water partition coefficient (Wildman–Crippen LogP) is 4.18. The molecule has 1 aromatic carbocycles. The summed E-state index contributed by atoms with van der Waals surface area (Å²) in [6, 6.07) is 11.9. The lowest BCUT2D eigenvalue weighted by Crippen LogP contribution is -2.39. The van der Waals surface area contributed by atoms with Gasteiger partial charge in [-0.25, -0.2) is 4.98 Å². The van der Waals surface area contributed by atoms with Gasteiger partial charge in [-0.3, -0.25) is 0 Å². The molecular formula is C18H25N3. The van der Waals surface area contributed by atoms with E-state index in [2.05, 4.69) is 52.5 Å². The Kier molecular flexibility index (Phi) is 4.71. The zero-order chi connectivity index (χ0) is 14.5. The lowest BCUT2D eigenvalue weighted by atomic mass is 9.79. The zero-order valence-corrected chi connectivity index (χ0v) is 12.8. The Morgan fingerprint density at radius 3 is 2.76 bits per heavy atom. The molecule has 1 saturated carbocycles. The van der Waals surface area contributed by atoms with E-state index in [0.29, 0.717) is 18.0 Å². The average molecular weight is 283 g/mol. The van der Waals surface area contributed by atoms with E-state index in [0.717, 1.165) is 12.2 Å². The second-order valence-corrected chi connectivity index (χ2v) is 6.01. The van der Waals surface area contributed by atoms with Gasteiger partial charge in [0.25, 0.3) is 0 Å². The number of hydrogen-bond donors (Lipinski definition) is 2. The summed E-state index contributed by atoms with van der Waals surface area (Å²) in [5.74, 6) is 1.69. The van der Waals surface area contributed by atoms with Gasteiger partial charge in [-0.05, 0) is 30.7 Å². The normalized spacial score (nSPS) is 23.9. The molecule has 112 valence electrons. The zero-order valence-electron chi connectivity index (χ0n) is 12.8. The number of nitrogens with one attached hydrogen (secondary N) is 2. The Hall–Kier alpha value is -1.61. The van der Waals surface area contributed by atoms with Gasteiger partial charge >= 0.3 is 0 Å². The van der Waals surface area contributed by atoms with Crippen LogP contribution in [0, 0.1) is 0 Å². The van der Waals surface area contributed by atoms with Gasteiger partial charge in [-0.2, -0.15) is 0 Å². The third-order valence-electron chi connectivity index (χ3n) is 4.67. The summed E-state index contributed by atoms with van der Waals surface area (Å²) in [6.45, 7) is 2.22. The molecule has 2 N–H and O–H groups in total. The second kappa shape index (κ2) is 6.90. The minimum absolute atomic E-state index is 0.328. The van der Waals surface area contributed by atoms with Crippen LogP contribution in [0.15, 0.2) is 42.7 Å². The summed E-state index contributed by atoms with van der Waals surface area (Å²) < 4.78 is 0. The van der Waals surface area contributed by atoms with Crippen LogP contribution in [0.4, 0.5) is 0 Å². The van der Waals surface area contributed by atoms with Crippen LogP contribution in [-0.2, 0) is 0 Å². The van der Waals surface area contributed by atoms with Crippen molar-refractivity contribution in [2.24, 2.45) is 0 Å². The molecule has 1 aliphatic rings. The molecule has 0 spiro atoms. The maximum Gasteiger partial charge on any atom is 0.123 e. The van der Waals surface area contributed by atoms with Crippen molar-refractivity contribution in [1.82, 2.24) is 15.3 Å². The summed E-state index contributed by atoms with van der Waals surface area (Å²) in [5.41, 5.74) is 1.48. The molecular weight excluding hydrogens is 258 g/mol. The van der Waals surface area contributed by atoms with Gasteiger partial charge in [-0.15, -0.1) is 0 Å². The average Bonchev–Trinajstić information content (AvgIpc) is 3.08. The van der Waals surface area contributed by atoms with Gasteiger partial charge in [0.2, 0.25) is 0 Å². The van der Waals surface area contributed by atoms with Crippen LogP contribution in [0.25, 0.3) is 0 Å². The van der Waals surface area contributed by atoms with Crippen molar-refractivity contribution in [2.75, 3.05) is 0 Å². The molecule has 1 aliphatic carbocycles. The van der Waals surface area contributed by atoms with Crippen LogP contribution >= 0.6 is 0 Å². The molecule has 2 aromatic rings. The van der Waals surface area contributed by atoms with Crippen LogP contribution in [0.2, 0.25) is 0 Å². The van der Waals surface area contributed by atoms with Crippen LogP contribution in [0.3, 0.4) is 0 Å². The van der Waals surface area contributed by atoms with E-state index in [9.17, 15) is 0 Å². The molecule has 0 amide bonds. The van der Waals surface area contributed by atoms with Crippen LogP contribution in [0.1, 0.15) is 62.4 Å². The Morgan fingerprint density at radius 2 is 2.05 bits per heavy atom. The fourth-order valence-corrected chi connectivity index (χ4v) is 3.55. The molecule has 3 nitrogen and oxygen atoms in total. The molecule has 1 heterocycles. The third kappa shape index (κ3) is 3.35. The van der Waals surface area contributed by atoms with E-state index < -0.39 is 0 Å². The van der Waals surface area contributed by atoms with Crippen molar-refractivity contribution in [3.63, 3.8) is 0 Å². The highest BCUT2D eigenvalue weighted by atomic mass is 15.0. The van der Waals surface area contributed by atoms with Crippen molar-refractivity contribution in [1.29, 1.82) is 0 Å². The number of aromatic nitrogens is 2. The third-order valence-corrected chi connectivity index (χ3v) is 4.67. The summed E-state index contributed by atoms with van der Waals surface area (Å²) in [5, 5.41) is 3.86. The predicted molar refractivity (Wildman–Crippen MR) is 86.2 cm³/mol. The molecule has 1 aromatic heterocycles. The number of H-pyrrole nitrogens is 1. The van der Waals surface area contributed by atoms with Gasteiger partial charge in [0.15, 0.2) is 0 Å². The fourth-order valence-electron chi connectivity index (χ4n) is 3.55. The molecule has 3 atom stereocenters. The SMILES string of the molecule is CCC(NC1CCCCC1c1ccccc1)c1ncc[nH]1. The molecule has 21 heavy (non-hydrogen) atoms. The van der Waals surface area contributed by atoms with Gasteiger partial charge in [0, 0.05) is 18.4 Å². The van der Waals surface area contributed by atoms with E-state index in [1.165, 1.54) is 31.2 Å². The first-order valence-electron chi connectivity index (χ1n) is 8.18. The van der Waals surface area contributed by atoms with Gasteiger partial charge < -0.3 is 10.3 Å². The maximum absolute atomic E-state index is 4.43. The number of imidazole rings is 1. The van der Waals surface area contributed by atoms with Crippen molar-refractivity contribution >= 4 is 0 Å². The van der Waals surface area contributed by atoms with E-state index in [1.807, 2.05) is 12.4 Å². The standard InChI is InChI=1S/C18H25N3/c1-2-16(18-19-12-13-20-18)21-17-11-7-6-10-15(17)14-8-4-3-5-9-14/h3-5,8-9,12-13,15-17,21H,2,6-7,10-11H2,1H3,(H,19,20). The maximum atomic E-state index is 4.43. The first-order valence-corrected chi connectivity index (χ1v) is 8.18. The van der Waals surface area contributed by atoms with Crippen molar-refractivity contribution < 1.29 is 0 Å². The minimum atomic E-state index is 0.328. The highest BCUT2D eigenvalue weighted by Gasteiger charge is 2.28. The summed E-state index contributed by atoms with van der Waals surface area (Å²) >= 11 is 0. The Morgan fingerprint density at radius 1 is 1.24 bits per heavy atom. The highest BCUT2D eigenvalue weighted by molar-refractivity contribution is 5.22. The summed E-state index contributed by atoms with van der Waals surface area (Å²) in [6.07, 6.45) is 10.0. The van der Waals surface area contributed by atoms with E-state index in [4.69, 9.17) is 0 Å². The topological polar surface area (TPSA) is 40.7 Å². The molecule has 0 radical (unpaired) electrons. The Bertz CT molecular complexity index is 521. The first kappa shape index (κ1) is 14.3. The lowest BCUT2D eigenvalue weighted by molar-refractivity contribution is 0.292. The van der Waals surface area contributed by atoms with Gasteiger partial charge in [-0.1, -0.05) is 50.1 Å². The highest BCUT2D eigenvalue weighted by Crippen LogP contribution is 2.34. The molecule has 3 heteroatoms. The fraction of sp³-hybridized carbons (Fsp3) is 0.500. The monoisotopic (exact) mass is 283 g/mol. The summed E-state index contributed by atoms with van der Waals surface area (Å²) in [4.78, 5) is 7.69. The van der Waals surface area contributed by atoms with Gasteiger partial charge in [0.05, 0.1) is 6.04 Å². The quantitative estimate of drug-likeness (QED) is 0.864. The van der Waals surface area contributed by atoms with Crippen LogP contribution in [-0.4, -0.2) is 16.0 Å². The van der Waals surface area contributed by atoms with Crippen molar-refractivity contribution in [3.8, 4) is 0 Å². The molecule has 0 saturated heterocycles. The lowest BCUT2D eigenvalue weighted by Gasteiger charge is -2.35. The van der Waals surface area contributed by atoms with E-state index in [1.54, 1.807) is 0 Å². The number of hydrogen-bond acceptors (Lipinski definition) is 2. The smallest absolute Gasteiger partial charge is 0.123 e. The summed E-state index contributed by atoms with van der Waals surface area (Å²) in [7, 11) is 0. The van der Waals surface area contributed by atoms with Crippen LogP contribution < -0.4 is 5.32 Å². The first-order chi connectivity index (χ1) is 10.4. The molecule has 3 rings (SSSR count). The molecule has 0 bridgehead atoms. The number of nitrogens with zero attached hydrogens (tertiary/aromatic N) is 1. The Balaban J connectivity index is 1.75. The van der Waals surface area contributed by atoms with E-state index in [-0.39, 0.29) is 0 Å². The molecule has 1 fully saturated rings. The van der Waals surface area contributed by atoms with Crippen LogP contribution in [0.5, 0.6) is 0 Å². The van der Waals surface area contributed by atoms with Crippen molar-refractivity contribution in [2.45, 2.75) is 57.0 Å². The number of benzene rings is 1. The van der Waals surface area contributed by atoms with E-state index >= 15 is 0 Å². The minimum Gasteiger partial charge on any atom is -0.347 e. The largest absolute Gasteiger partial charge is 0.347 e.